The van der Waals surface area contributed by atoms with E-state index in [1.54, 1.807) is 20.8 Å². The summed E-state index contributed by atoms with van der Waals surface area (Å²) in [7, 11) is 0. The van der Waals surface area contributed by atoms with Crippen LogP contribution in [0.3, 0.4) is 0 Å². The normalized spacial score (nSPS) is 13.9. The third kappa shape index (κ3) is 12.0. The molecule has 0 radical (unpaired) electrons. The number of aromatic amines is 1. The third-order valence-electron chi connectivity index (χ3n) is 4.54. The highest BCUT2D eigenvalue weighted by Crippen LogP contribution is 2.08. The monoisotopic (exact) mass is 495 g/mol. The van der Waals surface area contributed by atoms with E-state index in [0.29, 0.717) is 5.69 Å². The Labute approximate surface area is 204 Å². The Kier molecular flexibility index (Phi) is 11.3. The van der Waals surface area contributed by atoms with Crippen LogP contribution < -0.4 is 27.4 Å². The van der Waals surface area contributed by atoms with Crippen molar-refractivity contribution in [1.82, 2.24) is 25.9 Å². The molecule has 4 amide bonds. The van der Waals surface area contributed by atoms with Gasteiger partial charge in [0.05, 0.1) is 18.8 Å². The first-order chi connectivity index (χ1) is 16.2. The minimum Gasteiger partial charge on any atom is -0.459 e. The zero-order valence-electron chi connectivity index (χ0n) is 20.8. The first-order valence-electron chi connectivity index (χ1n) is 11.3. The second-order valence-corrected chi connectivity index (χ2v) is 9.61. The number of rotatable bonds is 13. The van der Waals surface area contributed by atoms with Crippen molar-refractivity contribution in [2.75, 3.05) is 6.54 Å². The molecule has 35 heavy (non-hydrogen) atoms. The summed E-state index contributed by atoms with van der Waals surface area (Å²) in [5.41, 5.74) is 11.0. The predicted octanol–water partition coefficient (Wildman–Crippen LogP) is -1.37. The molecule has 8 N–H and O–H groups in total. The lowest BCUT2D eigenvalue weighted by atomic mass is 10.0. The number of carbonyl (C=O) groups excluding carboxylic acids is 5. The van der Waals surface area contributed by atoms with Crippen molar-refractivity contribution in [3.8, 4) is 0 Å². The van der Waals surface area contributed by atoms with E-state index in [4.69, 9.17) is 16.2 Å². The zero-order valence-corrected chi connectivity index (χ0v) is 20.8. The molecule has 0 aromatic carbocycles. The summed E-state index contributed by atoms with van der Waals surface area (Å²) in [6, 6.07) is -3.40. The molecule has 0 saturated heterocycles. The number of hydrogen-bond donors (Lipinski definition) is 6. The number of aromatic nitrogens is 2. The van der Waals surface area contributed by atoms with E-state index >= 15 is 0 Å². The van der Waals surface area contributed by atoms with Crippen molar-refractivity contribution in [3.05, 3.63) is 18.2 Å². The van der Waals surface area contributed by atoms with Gasteiger partial charge in [0.15, 0.2) is 0 Å². The summed E-state index contributed by atoms with van der Waals surface area (Å²) in [5.74, 6) is -3.55. The molecule has 0 unspecified atom stereocenters. The molecule has 0 aliphatic heterocycles. The van der Waals surface area contributed by atoms with E-state index < -0.39 is 59.7 Å². The Morgan fingerprint density at radius 1 is 1.06 bits per heavy atom. The maximum Gasteiger partial charge on any atom is 0.325 e. The molecule has 0 spiro atoms. The average Bonchev–Trinajstić information content (AvgIpc) is 3.21. The van der Waals surface area contributed by atoms with E-state index in [1.807, 2.05) is 13.8 Å². The number of H-pyrrole nitrogens is 1. The Morgan fingerprint density at radius 3 is 2.20 bits per heavy atom. The highest BCUT2D eigenvalue weighted by molar-refractivity contribution is 5.96. The Hall–Kier alpha value is -3.48. The predicted molar refractivity (Wildman–Crippen MR) is 126 cm³/mol. The summed E-state index contributed by atoms with van der Waals surface area (Å²) in [6.45, 7) is 8.40. The number of imidazole rings is 1. The molecule has 1 aromatic rings. The van der Waals surface area contributed by atoms with Crippen molar-refractivity contribution in [2.24, 2.45) is 17.4 Å². The topological polar surface area (TPSA) is 211 Å². The number of primary amides is 1. The fourth-order valence-electron chi connectivity index (χ4n) is 3.05. The lowest BCUT2D eigenvalue weighted by molar-refractivity contribution is -0.154. The molecule has 1 aromatic heterocycles. The fourth-order valence-corrected chi connectivity index (χ4v) is 3.05. The number of carbonyl (C=O) groups is 5. The maximum absolute atomic E-state index is 12.9. The average molecular weight is 496 g/mol. The van der Waals surface area contributed by atoms with Crippen LogP contribution in [-0.4, -0.2) is 69.8 Å². The molecule has 0 saturated carbocycles. The van der Waals surface area contributed by atoms with Crippen molar-refractivity contribution in [1.29, 1.82) is 0 Å². The van der Waals surface area contributed by atoms with Crippen molar-refractivity contribution < 1.29 is 28.7 Å². The number of esters is 1. The van der Waals surface area contributed by atoms with Crippen LogP contribution in [0.4, 0.5) is 0 Å². The maximum atomic E-state index is 12.9. The molecular weight excluding hydrogens is 458 g/mol. The van der Waals surface area contributed by atoms with Gasteiger partial charge < -0.3 is 37.1 Å². The molecular formula is C22H37N7O6. The molecule has 196 valence electrons. The van der Waals surface area contributed by atoms with Crippen LogP contribution >= 0.6 is 0 Å². The lowest BCUT2D eigenvalue weighted by Crippen LogP contribution is -2.57. The van der Waals surface area contributed by atoms with Crippen LogP contribution in [0.1, 0.15) is 53.2 Å². The molecule has 1 rings (SSSR count). The highest BCUT2D eigenvalue weighted by atomic mass is 16.6. The molecule has 0 aliphatic rings. The van der Waals surface area contributed by atoms with E-state index in [9.17, 15) is 24.0 Å². The lowest BCUT2D eigenvalue weighted by Gasteiger charge is -2.25. The minimum atomic E-state index is -1.35. The largest absolute Gasteiger partial charge is 0.459 e. The Morgan fingerprint density at radius 2 is 1.69 bits per heavy atom. The third-order valence-corrected chi connectivity index (χ3v) is 4.54. The number of nitrogens with zero attached hydrogens (tertiary/aromatic N) is 1. The van der Waals surface area contributed by atoms with Crippen LogP contribution in [0, 0.1) is 5.92 Å². The van der Waals surface area contributed by atoms with Gasteiger partial charge in [0, 0.05) is 18.3 Å². The minimum absolute atomic E-state index is 0.000384. The van der Waals surface area contributed by atoms with Gasteiger partial charge in [-0.25, -0.2) is 4.98 Å². The van der Waals surface area contributed by atoms with Gasteiger partial charge in [0.25, 0.3) is 0 Å². The van der Waals surface area contributed by atoms with Crippen LogP contribution in [0.2, 0.25) is 0 Å². The molecule has 1 heterocycles. The molecule has 0 bridgehead atoms. The zero-order chi connectivity index (χ0) is 26.8. The summed E-state index contributed by atoms with van der Waals surface area (Å²) in [6.07, 6.45) is 2.81. The van der Waals surface area contributed by atoms with Crippen LogP contribution in [0.15, 0.2) is 12.5 Å². The smallest absolute Gasteiger partial charge is 0.325 e. The second-order valence-electron chi connectivity index (χ2n) is 9.61. The van der Waals surface area contributed by atoms with E-state index in [-0.39, 0.29) is 25.3 Å². The fraction of sp³-hybridized carbons (Fsp3) is 0.636. The first-order valence-corrected chi connectivity index (χ1v) is 11.3. The Balaban J connectivity index is 2.84. The van der Waals surface area contributed by atoms with Crippen LogP contribution in [-0.2, 0) is 35.1 Å². The van der Waals surface area contributed by atoms with Crippen molar-refractivity contribution in [2.45, 2.75) is 77.6 Å². The van der Waals surface area contributed by atoms with Crippen molar-refractivity contribution >= 4 is 29.6 Å². The van der Waals surface area contributed by atoms with E-state index in [2.05, 4.69) is 25.9 Å². The molecule has 13 nitrogen and oxygen atoms in total. The Bertz CT molecular complexity index is 879. The number of nitrogens with one attached hydrogen (secondary N) is 4. The molecule has 0 aliphatic carbocycles. The van der Waals surface area contributed by atoms with Gasteiger partial charge in [-0.1, -0.05) is 13.8 Å². The number of hydrogen-bond acceptors (Lipinski definition) is 8. The van der Waals surface area contributed by atoms with E-state index in [1.165, 1.54) is 12.5 Å². The van der Waals surface area contributed by atoms with Crippen molar-refractivity contribution in [3.63, 3.8) is 0 Å². The summed E-state index contributed by atoms with van der Waals surface area (Å²) in [4.78, 5) is 68.2. The number of nitrogens with two attached hydrogens (primary N) is 2. The van der Waals surface area contributed by atoms with Gasteiger partial charge in [-0.2, -0.15) is 0 Å². The molecule has 3 atom stereocenters. The second kappa shape index (κ2) is 13.4. The van der Waals surface area contributed by atoms with Gasteiger partial charge in [0.1, 0.15) is 24.2 Å². The van der Waals surface area contributed by atoms with Gasteiger partial charge in [-0.15, -0.1) is 0 Å². The standard InChI is InChI=1S/C22H37N7O6/c1-12(2)6-15(20(33)26-10-18(31)35-22(3,4)5)29-21(34)16(8-17(24)30)28-19(32)14(23)7-13-9-25-11-27-13/h9,11-12,14-16H,6-8,10,23H2,1-5H3,(H2,24,30)(H,25,27)(H,26,33)(H,28,32)(H,29,34)/t14-,15-,16-/m0/s1. The van der Waals surface area contributed by atoms with Gasteiger partial charge >= 0.3 is 5.97 Å². The SMILES string of the molecule is CC(C)C[C@H](NC(=O)[C@H](CC(N)=O)NC(=O)[C@@H](N)Cc1cnc[nH]1)C(=O)NCC(=O)OC(C)(C)C. The quantitative estimate of drug-likeness (QED) is 0.179. The van der Waals surface area contributed by atoms with Crippen LogP contribution in [0.25, 0.3) is 0 Å². The summed E-state index contributed by atoms with van der Waals surface area (Å²) >= 11 is 0. The number of amides is 4. The van der Waals surface area contributed by atoms with Gasteiger partial charge in [-0.3, -0.25) is 24.0 Å². The summed E-state index contributed by atoms with van der Waals surface area (Å²) in [5, 5.41) is 7.39. The van der Waals surface area contributed by atoms with Gasteiger partial charge in [-0.05, 0) is 33.1 Å². The van der Waals surface area contributed by atoms with Crippen LogP contribution in [0.5, 0.6) is 0 Å². The highest BCUT2D eigenvalue weighted by Gasteiger charge is 2.30. The molecule has 13 heteroatoms. The summed E-state index contributed by atoms with van der Waals surface area (Å²) < 4.78 is 5.16. The van der Waals surface area contributed by atoms with E-state index in [0.717, 1.165) is 0 Å². The van der Waals surface area contributed by atoms with Gasteiger partial charge in [0.2, 0.25) is 23.6 Å². The molecule has 0 fully saturated rings. The number of ether oxygens (including phenoxy) is 1. The first kappa shape index (κ1) is 29.6.